The number of fused-ring (bicyclic) bond motifs is 1. The molecular formula is C14H10N4S. The largest absolute Gasteiger partial charge is 0.316 e. The lowest BCUT2D eigenvalue weighted by Gasteiger charge is -2.00. The van der Waals surface area contributed by atoms with Crippen molar-refractivity contribution in [1.29, 1.82) is 5.26 Å². The van der Waals surface area contributed by atoms with Crippen molar-refractivity contribution in [3.8, 4) is 6.07 Å². The Morgan fingerprint density at radius 1 is 1.26 bits per heavy atom. The number of aryl methyl sites for hydroxylation is 1. The molecule has 92 valence electrons. The zero-order valence-corrected chi connectivity index (χ0v) is 11.0. The third-order valence-electron chi connectivity index (χ3n) is 2.66. The molecule has 1 N–H and O–H groups in total. The Morgan fingerprint density at radius 2 is 2.16 bits per heavy atom. The van der Waals surface area contributed by atoms with Crippen molar-refractivity contribution >= 4 is 32.5 Å². The summed E-state index contributed by atoms with van der Waals surface area (Å²) in [6, 6.07) is 11.5. The maximum atomic E-state index is 8.87. The van der Waals surface area contributed by atoms with Crippen molar-refractivity contribution in [2.45, 2.75) is 6.92 Å². The van der Waals surface area contributed by atoms with Gasteiger partial charge in [0.25, 0.3) is 0 Å². The molecule has 3 aromatic rings. The molecule has 0 amide bonds. The summed E-state index contributed by atoms with van der Waals surface area (Å²) in [5.74, 6) is 0.769. The van der Waals surface area contributed by atoms with Gasteiger partial charge in [-0.2, -0.15) is 5.26 Å². The summed E-state index contributed by atoms with van der Waals surface area (Å²) < 4.78 is 0.994. The molecule has 0 spiro atoms. The summed E-state index contributed by atoms with van der Waals surface area (Å²) >= 11 is 1.51. The van der Waals surface area contributed by atoms with Crippen molar-refractivity contribution in [2.75, 3.05) is 5.32 Å². The number of nitriles is 1. The summed E-state index contributed by atoms with van der Waals surface area (Å²) in [7, 11) is 0. The van der Waals surface area contributed by atoms with Gasteiger partial charge in [0.1, 0.15) is 5.82 Å². The van der Waals surface area contributed by atoms with E-state index < -0.39 is 0 Å². The number of nitrogens with one attached hydrogen (secondary N) is 1. The van der Waals surface area contributed by atoms with Crippen LogP contribution in [0, 0.1) is 18.3 Å². The van der Waals surface area contributed by atoms with Crippen molar-refractivity contribution in [3.05, 3.63) is 47.7 Å². The number of benzene rings is 1. The first-order valence-electron chi connectivity index (χ1n) is 5.75. The number of nitrogens with zero attached hydrogens (tertiary/aromatic N) is 3. The van der Waals surface area contributed by atoms with Gasteiger partial charge in [0.2, 0.25) is 0 Å². The van der Waals surface area contributed by atoms with E-state index in [1.165, 1.54) is 11.3 Å². The van der Waals surface area contributed by atoms with Crippen LogP contribution in [0.25, 0.3) is 10.2 Å². The second kappa shape index (κ2) is 4.67. The van der Waals surface area contributed by atoms with E-state index >= 15 is 0 Å². The molecular weight excluding hydrogens is 256 g/mol. The topological polar surface area (TPSA) is 61.6 Å². The van der Waals surface area contributed by atoms with E-state index in [4.69, 9.17) is 5.26 Å². The third kappa shape index (κ3) is 2.39. The Labute approximate surface area is 114 Å². The molecule has 0 aliphatic carbocycles. The Hall–Kier alpha value is -2.45. The minimum absolute atomic E-state index is 0.649. The average Bonchev–Trinajstić information content (AvgIpc) is 2.82. The molecule has 0 bridgehead atoms. The second-order valence-corrected chi connectivity index (χ2v) is 5.19. The van der Waals surface area contributed by atoms with E-state index in [1.54, 1.807) is 6.07 Å². The lowest BCUT2D eigenvalue weighted by molar-refractivity contribution is 1.25. The molecule has 5 heteroatoms. The molecule has 3 rings (SSSR count). The van der Waals surface area contributed by atoms with Gasteiger partial charge in [-0.3, -0.25) is 0 Å². The lowest BCUT2D eigenvalue weighted by atomic mass is 10.2. The first-order chi connectivity index (χ1) is 9.24. The van der Waals surface area contributed by atoms with Crippen LogP contribution in [-0.4, -0.2) is 9.97 Å². The molecule has 4 nitrogen and oxygen atoms in total. The maximum absolute atomic E-state index is 8.87. The summed E-state index contributed by atoms with van der Waals surface area (Å²) in [6.07, 6.45) is 1.81. The van der Waals surface area contributed by atoms with E-state index in [2.05, 4.69) is 21.4 Å². The zero-order chi connectivity index (χ0) is 13.2. The van der Waals surface area contributed by atoms with Gasteiger partial charge < -0.3 is 5.32 Å². The fourth-order valence-electron chi connectivity index (χ4n) is 1.70. The van der Waals surface area contributed by atoms with Gasteiger partial charge in [-0.15, -0.1) is 0 Å². The standard InChI is InChI=1S/C14H10N4S/c1-9-2-5-13(16-8-9)18-14-17-11-4-3-10(7-15)6-12(11)19-14/h2-6,8H,1H3,(H,16,17,18). The number of hydrogen-bond donors (Lipinski definition) is 1. The Morgan fingerprint density at radius 3 is 2.89 bits per heavy atom. The highest BCUT2D eigenvalue weighted by molar-refractivity contribution is 7.22. The Kier molecular flexibility index (Phi) is 2.86. The maximum Gasteiger partial charge on any atom is 0.189 e. The molecule has 0 saturated carbocycles. The van der Waals surface area contributed by atoms with Crippen molar-refractivity contribution in [3.63, 3.8) is 0 Å². The van der Waals surface area contributed by atoms with E-state index in [0.29, 0.717) is 5.56 Å². The normalized spacial score (nSPS) is 10.3. The predicted molar refractivity (Wildman–Crippen MR) is 76.6 cm³/mol. The van der Waals surface area contributed by atoms with Crippen molar-refractivity contribution in [2.24, 2.45) is 0 Å². The SMILES string of the molecule is Cc1ccc(Nc2nc3ccc(C#N)cc3s2)nc1. The highest BCUT2D eigenvalue weighted by atomic mass is 32.1. The first-order valence-corrected chi connectivity index (χ1v) is 6.56. The minimum Gasteiger partial charge on any atom is -0.316 e. The fourth-order valence-corrected chi connectivity index (χ4v) is 2.61. The molecule has 0 saturated heterocycles. The fraction of sp³-hybridized carbons (Fsp3) is 0.0714. The van der Waals surface area contributed by atoms with E-state index in [9.17, 15) is 0 Å². The molecule has 2 aromatic heterocycles. The van der Waals surface area contributed by atoms with Crippen LogP contribution >= 0.6 is 11.3 Å². The van der Waals surface area contributed by atoms with Crippen LogP contribution < -0.4 is 5.32 Å². The number of anilines is 2. The quantitative estimate of drug-likeness (QED) is 0.769. The summed E-state index contributed by atoms with van der Waals surface area (Å²) in [6.45, 7) is 2.00. The van der Waals surface area contributed by atoms with Crippen molar-refractivity contribution in [1.82, 2.24) is 9.97 Å². The van der Waals surface area contributed by atoms with Crippen LogP contribution in [0.15, 0.2) is 36.5 Å². The second-order valence-electron chi connectivity index (χ2n) is 4.16. The van der Waals surface area contributed by atoms with Gasteiger partial charge in [-0.1, -0.05) is 17.4 Å². The number of pyridine rings is 1. The molecule has 0 fully saturated rings. The lowest BCUT2D eigenvalue weighted by Crippen LogP contribution is -1.92. The minimum atomic E-state index is 0.649. The Bertz CT molecular complexity index is 768. The summed E-state index contributed by atoms with van der Waals surface area (Å²) in [5, 5.41) is 12.8. The average molecular weight is 266 g/mol. The molecule has 0 aliphatic rings. The highest BCUT2D eigenvalue weighted by Gasteiger charge is 2.05. The predicted octanol–water partition coefficient (Wildman–Crippen LogP) is 3.62. The van der Waals surface area contributed by atoms with Crippen LogP contribution in [0.4, 0.5) is 10.9 Å². The van der Waals surface area contributed by atoms with Gasteiger partial charge >= 0.3 is 0 Å². The highest BCUT2D eigenvalue weighted by Crippen LogP contribution is 2.28. The third-order valence-corrected chi connectivity index (χ3v) is 3.60. The van der Waals surface area contributed by atoms with Crippen LogP contribution in [-0.2, 0) is 0 Å². The van der Waals surface area contributed by atoms with Gasteiger partial charge in [0.05, 0.1) is 21.8 Å². The molecule has 0 aliphatic heterocycles. The Balaban J connectivity index is 1.93. The van der Waals surface area contributed by atoms with E-state index in [1.807, 2.05) is 37.4 Å². The first kappa shape index (κ1) is 11.6. The van der Waals surface area contributed by atoms with E-state index in [0.717, 1.165) is 26.7 Å². The molecule has 0 unspecified atom stereocenters. The number of aromatic nitrogens is 2. The molecule has 1 aromatic carbocycles. The van der Waals surface area contributed by atoms with Gasteiger partial charge in [0.15, 0.2) is 5.13 Å². The zero-order valence-electron chi connectivity index (χ0n) is 10.2. The number of thiazole rings is 1. The molecule has 2 heterocycles. The van der Waals surface area contributed by atoms with Gasteiger partial charge in [0, 0.05) is 6.20 Å². The van der Waals surface area contributed by atoms with Crippen LogP contribution in [0.3, 0.4) is 0 Å². The summed E-state index contributed by atoms with van der Waals surface area (Å²) in [4.78, 5) is 8.74. The summed E-state index contributed by atoms with van der Waals surface area (Å²) in [5.41, 5.74) is 2.66. The van der Waals surface area contributed by atoms with Crippen LogP contribution in [0.1, 0.15) is 11.1 Å². The monoisotopic (exact) mass is 266 g/mol. The number of hydrogen-bond acceptors (Lipinski definition) is 5. The van der Waals surface area contributed by atoms with Crippen molar-refractivity contribution < 1.29 is 0 Å². The molecule has 19 heavy (non-hydrogen) atoms. The van der Waals surface area contributed by atoms with Gasteiger partial charge in [-0.05, 0) is 36.8 Å². The smallest absolute Gasteiger partial charge is 0.189 e. The number of rotatable bonds is 2. The molecule has 0 atom stereocenters. The molecule has 0 radical (unpaired) electrons. The van der Waals surface area contributed by atoms with Crippen LogP contribution in [0.2, 0.25) is 0 Å². The van der Waals surface area contributed by atoms with Gasteiger partial charge in [-0.25, -0.2) is 9.97 Å². The van der Waals surface area contributed by atoms with E-state index in [-0.39, 0.29) is 0 Å². The van der Waals surface area contributed by atoms with Crippen LogP contribution in [0.5, 0.6) is 0 Å².